The first-order valence-corrected chi connectivity index (χ1v) is 10.8. The Bertz CT molecular complexity index is 1240. The molecular weight excluding hydrogens is 402 g/mol. The van der Waals surface area contributed by atoms with Crippen LogP contribution in [0.3, 0.4) is 0 Å². The van der Waals surface area contributed by atoms with Crippen LogP contribution in [-0.4, -0.2) is 40.5 Å². The minimum Gasteiger partial charge on any atom is -0.351 e. The van der Waals surface area contributed by atoms with Gasteiger partial charge >= 0.3 is 0 Å². The zero-order chi connectivity index (χ0) is 21.9. The predicted molar refractivity (Wildman–Crippen MR) is 126 cm³/mol. The summed E-state index contributed by atoms with van der Waals surface area (Å²) in [5.41, 5.74) is 11.0. The third-order valence-corrected chi connectivity index (χ3v) is 5.59. The molecule has 0 aliphatic carbocycles. The van der Waals surface area contributed by atoms with Gasteiger partial charge in [-0.25, -0.2) is 9.97 Å². The number of H-pyrrole nitrogens is 1. The van der Waals surface area contributed by atoms with E-state index >= 15 is 0 Å². The highest BCUT2D eigenvalue weighted by Crippen LogP contribution is 2.25. The predicted octanol–water partition coefficient (Wildman–Crippen LogP) is 3.31. The quantitative estimate of drug-likeness (QED) is 0.323. The SMILES string of the molecule is CCNC(=O)c1cc2cc(-c3nccc(Nc4ccc(C5CNNC5)cc4)n3)ccc2[nH]1. The molecule has 3 heterocycles. The van der Waals surface area contributed by atoms with Gasteiger partial charge < -0.3 is 15.6 Å². The molecule has 4 aromatic rings. The van der Waals surface area contributed by atoms with E-state index in [1.807, 2.05) is 37.3 Å². The maximum Gasteiger partial charge on any atom is 0.267 e. The van der Waals surface area contributed by atoms with E-state index in [4.69, 9.17) is 0 Å². The lowest BCUT2D eigenvalue weighted by atomic mass is 10.0. The second-order valence-electron chi connectivity index (χ2n) is 7.82. The molecule has 2 aromatic heterocycles. The van der Waals surface area contributed by atoms with E-state index in [1.165, 1.54) is 5.56 Å². The van der Waals surface area contributed by atoms with Gasteiger partial charge in [-0.3, -0.25) is 15.6 Å². The zero-order valence-electron chi connectivity index (χ0n) is 17.8. The Balaban J connectivity index is 1.35. The van der Waals surface area contributed by atoms with E-state index < -0.39 is 0 Å². The standard InChI is InChI=1S/C24H25N7O/c1-2-25-24(32)21-12-17-11-16(5-8-20(17)30-21)23-26-10-9-22(31-23)29-19-6-3-15(4-7-19)18-13-27-28-14-18/h3-12,18,27-28,30H,2,13-14H2,1H3,(H,25,32)(H,26,29,31). The summed E-state index contributed by atoms with van der Waals surface area (Å²) < 4.78 is 0. The van der Waals surface area contributed by atoms with Crippen LogP contribution in [0.25, 0.3) is 22.3 Å². The van der Waals surface area contributed by atoms with Crippen molar-refractivity contribution in [1.82, 2.24) is 31.1 Å². The van der Waals surface area contributed by atoms with Crippen molar-refractivity contribution in [3.63, 3.8) is 0 Å². The smallest absolute Gasteiger partial charge is 0.267 e. The van der Waals surface area contributed by atoms with Gasteiger partial charge in [0, 0.05) is 53.9 Å². The van der Waals surface area contributed by atoms with Crippen molar-refractivity contribution in [3.05, 3.63) is 72.1 Å². The number of anilines is 2. The number of rotatable bonds is 6. The molecule has 8 heteroatoms. The molecule has 1 fully saturated rings. The average Bonchev–Trinajstić information content (AvgIpc) is 3.50. The molecule has 1 aliphatic rings. The number of carbonyl (C=O) groups is 1. The topological polar surface area (TPSA) is 107 Å². The lowest BCUT2D eigenvalue weighted by molar-refractivity contribution is 0.0951. The van der Waals surface area contributed by atoms with Crippen LogP contribution in [-0.2, 0) is 0 Å². The summed E-state index contributed by atoms with van der Waals surface area (Å²) in [4.78, 5) is 24.4. The van der Waals surface area contributed by atoms with Crippen molar-refractivity contribution in [2.75, 3.05) is 25.0 Å². The fourth-order valence-electron chi connectivity index (χ4n) is 3.90. The summed E-state index contributed by atoms with van der Waals surface area (Å²) in [5, 5.41) is 7.11. The second kappa shape index (κ2) is 8.78. The summed E-state index contributed by atoms with van der Waals surface area (Å²) in [6.07, 6.45) is 1.75. The minimum atomic E-state index is -0.112. The number of hydrogen-bond acceptors (Lipinski definition) is 6. The van der Waals surface area contributed by atoms with Gasteiger partial charge in [0.05, 0.1) is 0 Å². The number of carbonyl (C=O) groups excluding carboxylic acids is 1. The number of aromatic nitrogens is 3. The Hall–Kier alpha value is -3.75. The Labute approximate surface area is 185 Å². The molecule has 0 atom stereocenters. The first-order valence-electron chi connectivity index (χ1n) is 10.8. The van der Waals surface area contributed by atoms with E-state index in [-0.39, 0.29) is 5.91 Å². The monoisotopic (exact) mass is 427 g/mol. The van der Waals surface area contributed by atoms with Crippen LogP contribution >= 0.6 is 0 Å². The molecule has 0 spiro atoms. The number of nitrogens with zero attached hydrogens (tertiary/aromatic N) is 2. The van der Waals surface area contributed by atoms with Crippen molar-refractivity contribution in [2.45, 2.75) is 12.8 Å². The Morgan fingerprint density at radius 1 is 1.06 bits per heavy atom. The Morgan fingerprint density at radius 3 is 2.66 bits per heavy atom. The third kappa shape index (κ3) is 4.18. The molecule has 32 heavy (non-hydrogen) atoms. The summed E-state index contributed by atoms with van der Waals surface area (Å²) in [6.45, 7) is 4.37. The molecule has 0 unspecified atom stereocenters. The van der Waals surface area contributed by atoms with Crippen molar-refractivity contribution >= 4 is 28.3 Å². The highest BCUT2D eigenvalue weighted by atomic mass is 16.1. The molecule has 2 aromatic carbocycles. The van der Waals surface area contributed by atoms with E-state index in [2.05, 4.69) is 60.7 Å². The molecule has 1 saturated heterocycles. The van der Waals surface area contributed by atoms with Crippen molar-refractivity contribution in [1.29, 1.82) is 0 Å². The molecule has 1 amide bonds. The third-order valence-electron chi connectivity index (χ3n) is 5.59. The number of amides is 1. The van der Waals surface area contributed by atoms with Gasteiger partial charge in [0.15, 0.2) is 5.82 Å². The van der Waals surface area contributed by atoms with Crippen molar-refractivity contribution < 1.29 is 4.79 Å². The molecule has 1 aliphatic heterocycles. The number of benzene rings is 2. The fourth-order valence-corrected chi connectivity index (χ4v) is 3.90. The van der Waals surface area contributed by atoms with Gasteiger partial charge in [-0.05, 0) is 55.0 Å². The highest BCUT2D eigenvalue weighted by Gasteiger charge is 2.16. The zero-order valence-corrected chi connectivity index (χ0v) is 17.8. The lowest BCUT2D eigenvalue weighted by Crippen LogP contribution is -2.22. The van der Waals surface area contributed by atoms with Crippen molar-refractivity contribution in [2.24, 2.45) is 0 Å². The summed E-state index contributed by atoms with van der Waals surface area (Å²) in [5.74, 6) is 1.73. The average molecular weight is 428 g/mol. The molecule has 0 radical (unpaired) electrons. The first-order chi connectivity index (χ1) is 15.7. The summed E-state index contributed by atoms with van der Waals surface area (Å²) in [7, 11) is 0. The Morgan fingerprint density at radius 2 is 1.88 bits per heavy atom. The van der Waals surface area contributed by atoms with Crippen LogP contribution in [0.1, 0.15) is 28.9 Å². The van der Waals surface area contributed by atoms with Gasteiger partial charge in [-0.2, -0.15) is 0 Å². The van der Waals surface area contributed by atoms with E-state index in [9.17, 15) is 4.79 Å². The highest BCUT2D eigenvalue weighted by molar-refractivity contribution is 5.98. The molecular formula is C24H25N7O. The normalized spacial score (nSPS) is 14.0. The molecule has 5 N–H and O–H groups in total. The van der Waals surface area contributed by atoms with Crippen molar-refractivity contribution in [3.8, 4) is 11.4 Å². The van der Waals surface area contributed by atoms with Crippen LogP contribution in [0, 0.1) is 0 Å². The fraction of sp³-hybridized carbons (Fsp3) is 0.208. The van der Waals surface area contributed by atoms with E-state index in [0.717, 1.165) is 41.1 Å². The number of nitrogens with one attached hydrogen (secondary N) is 5. The summed E-state index contributed by atoms with van der Waals surface area (Å²) in [6, 6.07) is 18.0. The van der Waals surface area contributed by atoms with Gasteiger partial charge in [-0.15, -0.1) is 0 Å². The van der Waals surface area contributed by atoms with Gasteiger partial charge in [0.1, 0.15) is 11.5 Å². The molecule has 5 rings (SSSR count). The van der Waals surface area contributed by atoms with Crippen LogP contribution in [0.2, 0.25) is 0 Å². The van der Waals surface area contributed by atoms with Gasteiger partial charge in [-0.1, -0.05) is 12.1 Å². The van der Waals surface area contributed by atoms with Gasteiger partial charge in [0.2, 0.25) is 0 Å². The molecule has 162 valence electrons. The minimum absolute atomic E-state index is 0.112. The largest absolute Gasteiger partial charge is 0.351 e. The number of fused-ring (bicyclic) bond motifs is 1. The molecule has 0 bridgehead atoms. The summed E-state index contributed by atoms with van der Waals surface area (Å²) >= 11 is 0. The first kappa shape index (κ1) is 20.2. The second-order valence-corrected chi connectivity index (χ2v) is 7.82. The number of aromatic amines is 1. The van der Waals surface area contributed by atoms with E-state index in [0.29, 0.717) is 24.0 Å². The van der Waals surface area contributed by atoms with E-state index in [1.54, 1.807) is 6.20 Å². The maximum absolute atomic E-state index is 12.1. The Kier molecular flexibility index (Phi) is 5.53. The number of hydrogen-bond donors (Lipinski definition) is 5. The van der Waals surface area contributed by atoms with Crippen LogP contribution < -0.4 is 21.5 Å². The van der Waals surface area contributed by atoms with Crippen LogP contribution in [0.4, 0.5) is 11.5 Å². The molecule has 8 nitrogen and oxygen atoms in total. The lowest BCUT2D eigenvalue weighted by Gasteiger charge is -2.11. The number of hydrazine groups is 1. The van der Waals surface area contributed by atoms with Gasteiger partial charge in [0.25, 0.3) is 5.91 Å². The maximum atomic E-state index is 12.1. The molecule has 0 saturated carbocycles. The van der Waals surface area contributed by atoms with Crippen LogP contribution in [0.15, 0.2) is 60.8 Å². The van der Waals surface area contributed by atoms with Crippen LogP contribution in [0.5, 0.6) is 0 Å².